The summed E-state index contributed by atoms with van der Waals surface area (Å²) in [6, 6.07) is 8.90. The van der Waals surface area contributed by atoms with Crippen LogP contribution >= 0.6 is 24.0 Å². The van der Waals surface area contributed by atoms with E-state index in [2.05, 4.69) is 39.4 Å². The third-order valence-electron chi connectivity index (χ3n) is 4.78. The van der Waals surface area contributed by atoms with Crippen LogP contribution in [0.4, 0.5) is 0 Å². The maximum Gasteiger partial charge on any atom is 0.241 e. The molecule has 0 fully saturated rings. The van der Waals surface area contributed by atoms with Gasteiger partial charge < -0.3 is 15.2 Å². The maximum atomic E-state index is 12.8. The quantitative estimate of drug-likeness (QED) is 0.235. The molecule has 1 heterocycles. The van der Waals surface area contributed by atoms with Gasteiger partial charge in [0.05, 0.1) is 17.1 Å². The Morgan fingerprint density at radius 3 is 2.34 bits per heavy atom. The second kappa shape index (κ2) is 12.5. The summed E-state index contributed by atoms with van der Waals surface area (Å²) in [5.41, 5.74) is 1.05. The van der Waals surface area contributed by atoms with Crippen molar-refractivity contribution in [2.24, 2.45) is 4.99 Å². The molecule has 32 heavy (non-hydrogen) atoms. The molecule has 0 amide bonds. The SMILES string of the molecule is CCC(CC)c1cc(CNC(=NC)NCc2ccccc2S(=O)(=O)NC(C)(C)C)on1.I. The largest absolute Gasteiger partial charge is 0.359 e. The molecule has 1 aromatic heterocycles. The summed E-state index contributed by atoms with van der Waals surface area (Å²) >= 11 is 0. The van der Waals surface area contributed by atoms with Gasteiger partial charge in [-0.25, -0.2) is 13.1 Å². The van der Waals surface area contributed by atoms with Crippen molar-refractivity contribution in [3.63, 3.8) is 0 Å². The summed E-state index contributed by atoms with van der Waals surface area (Å²) in [6.45, 7) is 10.5. The van der Waals surface area contributed by atoms with Gasteiger partial charge in [0.25, 0.3) is 0 Å². The topological polar surface area (TPSA) is 109 Å². The Kier molecular flexibility index (Phi) is 11.1. The molecule has 180 valence electrons. The van der Waals surface area contributed by atoms with Crippen LogP contribution in [0, 0.1) is 0 Å². The number of nitrogens with one attached hydrogen (secondary N) is 3. The van der Waals surface area contributed by atoms with Gasteiger partial charge in [-0.3, -0.25) is 4.99 Å². The molecule has 3 N–H and O–H groups in total. The number of benzene rings is 1. The minimum Gasteiger partial charge on any atom is -0.359 e. The lowest BCUT2D eigenvalue weighted by atomic mass is 9.99. The summed E-state index contributed by atoms with van der Waals surface area (Å²) in [5, 5.41) is 10.5. The first-order valence-corrected chi connectivity index (χ1v) is 12.1. The third kappa shape index (κ3) is 8.36. The second-order valence-corrected chi connectivity index (χ2v) is 10.1. The number of nitrogens with zero attached hydrogens (tertiary/aromatic N) is 2. The standard InChI is InChI=1S/C22H35N5O3S.HI/c1-7-16(8-2)19-13-18(30-26-19)15-25-21(23-6)24-14-17-11-9-10-12-20(17)31(28,29)27-22(3,4)5;/h9-13,16,27H,7-8,14-15H2,1-6H3,(H2,23,24,25);1H. The van der Waals surface area contributed by atoms with Crippen molar-refractivity contribution in [1.29, 1.82) is 0 Å². The second-order valence-electron chi connectivity index (χ2n) is 8.47. The predicted molar refractivity (Wildman–Crippen MR) is 139 cm³/mol. The van der Waals surface area contributed by atoms with E-state index in [9.17, 15) is 8.42 Å². The molecule has 0 atom stereocenters. The molecule has 0 bridgehead atoms. The van der Waals surface area contributed by atoms with Gasteiger partial charge in [0.15, 0.2) is 11.7 Å². The fraction of sp³-hybridized carbons (Fsp3) is 0.545. The lowest BCUT2D eigenvalue weighted by Crippen LogP contribution is -2.41. The van der Waals surface area contributed by atoms with Crippen molar-refractivity contribution in [2.45, 2.75) is 76.9 Å². The van der Waals surface area contributed by atoms with E-state index in [-0.39, 0.29) is 28.9 Å². The summed E-state index contributed by atoms with van der Waals surface area (Å²) in [5.74, 6) is 1.66. The van der Waals surface area contributed by atoms with Crippen LogP contribution in [0.15, 0.2) is 44.7 Å². The molecule has 0 aliphatic rings. The van der Waals surface area contributed by atoms with Gasteiger partial charge in [-0.2, -0.15) is 0 Å². The number of halogens is 1. The van der Waals surface area contributed by atoms with Crippen molar-refractivity contribution in [3.8, 4) is 0 Å². The number of sulfonamides is 1. The molecule has 0 aliphatic heterocycles. The van der Waals surface area contributed by atoms with Gasteiger partial charge in [0.2, 0.25) is 10.0 Å². The number of rotatable bonds is 9. The van der Waals surface area contributed by atoms with Crippen molar-refractivity contribution in [1.82, 2.24) is 20.5 Å². The summed E-state index contributed by atoms with van der Waals surface area (Å²) in [6.07, 6.45) is 2.04. The van der Waals surface area contributed by atoms with Crippen molar-refractivity contribution >= 4 is 40.0 Å². The Labute approximate surface area is 209 Å². The summed E-state index contributed by atoms with van der Waals surface area (Å²) in [4.78, 5) is 4.46. The molecule has 10 heteroatoms. The molecule has 0 spiro atoms. The van der Waals surface area contributed by atoms with E-state index < -0.39 is 15.6 Å². The maximum absolute atomic E-state index is 12.8. The van der Waals surface area contributed by atoms with E-state index in [0.717, 1.165) is 24.3 Å². The molecular formula is C22H36IN5O3S. The number of aromatic nitrogens is 1. The van der Waals surface area contributed by atoms with Crippen molar-refractivity contribution in [3.05, 3.63) is 47.3 Å². The van der Waals surface area contributed by atoms with Crippen LogP contribution in [0.5, 0.6) is 0 Å². The van der Waals surface area contributed by atoms with Crippen LogP contribution < -0.4 is 15.4 Å². The number of hydrogen-bond donors (Lipinski definition) is 3. The number of guanidine groups is 1. The Balaban J connectivity index is 0.00000512. The normalized spacial score (nSPS) is 12.5. The van der Waals surface area contributed by atoms with Gasteiger partial charge in [-0.05, 0) is 45.2 Å². The van der Waals surface area contributed by atoms with Crippen LogP contribution in [0.2, 0.25) is 0 Å². The number of aliphatic imine (C=N–C) groups is 1. The fourth-order valence-electron chi connectivity index (χ4n) is 3.25. The minimum absolute atomic E-state index is 0. The molecule has 2 aromatic rings. The third-order valence-corrected chi connectivity index (χ3v) is 6.64. The van der Waals surface area contributed by atoms with Gasteiger partial charge in [0.1, 0.15) is 0 Å². The first-order chi connectivity index (χ1) is 14.6. The molecule has 0 radical (unpaired) electrons. The fourth-order valence-corrected chi connectivity index (χ4v) is 4.91. The van der Waals surface area contributed by atoms with Crippen LogP contribution in [0.1, 0.15) is 70.4 Å². The van der Waals surface area contributed by atoms with Crippen LogP contribution in [-0.4, -0.2) is 32.1 Å². The monoisotopic (exact) mass is 577 g/mol. The molecular weight excluding hydrogens is 541 g/mol. The highest BCUT2D eigenvalue weighted by atomic mass is 127. The molecule has 2 rings (SSSR count). The molecule has 0 unspecified atom stereocenters. The van der Waals surface area contributed by atoms with Crippen molar-refractivity contribution in [2.75, 3.05) is 7.05 Å². The van der Waals surface area contributed by atoms with E-state index in [1.54, 1.807) is 25.2 Å². The van der Waals surface area contributed by atoms with E-state index in [1.165, 1.54) is 0 Å². The Morgan fingerprint density at radius 2 is 1.75 bits per heavy atom. The molecule has 8 nitrogen and oxygen atoms in total. The van der Waals surface area contributed by atoms with Crippen LogP contribution in [-0.2, 0) is 23.1 Å². The zero-order valence-corrected chi connectivity index (χ0v) is 22.9. The Bertz CT molecular complexity index is 979. The first-order valence-electron chi connectivity index (χ1n) is 10.6. The van der Waals surface area contributed by atoms with Gasteiger partial charge in [-0.15, -0.1) is 24.0 Å². The zero-order valence-electron chi connectivity index (χ0n) is 19.7. The zero-order chi connectivity index (χ0) is 23.1. The molecule has 0 saturated carbocycles. The summed E-state index contributed by atoms with van der Waals surface area (Å²) in [7, 11) is -1.98. The van der Waals surface area contributed by atoms with Crippen molar-refractivity contribution < 1.29 is 12.9 Å². The average molecular weight is 578 g/mol. The Hall–Kier alpha value is -1.66. The highest BCUT2D eigenvalue weighted by molar-refractivity contribution is 14.0. The van der Waals surface area contributed by atoms with E-state index in [1.807, 2.05) is 32.9 Å². The predicted octanol–water partition coefficient (Wildman–Crippen LogP) is 4.14. The van der Waals surface area contributed by atoms with Gasteiger partial charge >= 0.3 is 0 Å². The summed E-state index contributed by atoms with van der Waals surface area (Å²) < 4.78 is 33.7. The van der Waals surface area contributed by atoms with Crippen LogP contribution in [0.25, 0.3) is 0 Å². The first kappa shape index (κ1) is 28.4. The van der Waals surface area contributed by atoms with E-state index in [4.69, 9.17) is 4.52 Å². The van der Waals surface area contributed by atoms with Gasteiger partial charge in [-0.1, -0.05) is 37.2 Å². The van der Waals surface area contributed by atoms with E-state index >= 15 is 0 Å². The lowest BCUT2D eigenvalue weighted by molar-refractivity contribution is 0.368. The highest BCUT2D eigenvalue weighted by Gasteiger charge is 2.24. The Morgan fingerprint density at radius 1 is 1.12 bits per heavy atom. The van der Waals surface area contributed by atoms with Gasteiger partial charge in [0, 0.05) is 31.1 Å². The average Bonchev–Trinajstić information content (AvgIpc) is 3.16. The smallest absolute Gasteiger partial charge is 0.241 e. The van der Waals surface area contributed by atoms with Crippen LogP contribution in [0.3, 0.4) is 0 Å². The minimum atomic E-state index is -3.64. The highest BCUT2D eigenvalue weighted by Crippen LogP contribution is 2.22. The molecule has 1 aromatic carbocycles. The lowest BCUT2D eigenvalue weighted by Gasteiger charge is -2.22. The number of hydrogen-bond acceptors (Lipinski definition) is 5. The molecule has 0 saturated heterocycles. The molecule has 0 aliphatic carbocycles. The van der Waals surface area contributed by atoms with E-state index in [0.29, 0.717) is 30.5 Å².